The first-order valence-corrected chi connectivity index (χ1v) is 10.00. The number of thioether (sulfide) groups is 1. The van der Waals surface area contributed by atoms with E-state index in [0.717, 1.165) is 29.4 Å². The molecule has 28 heavy (non-hydrogen) atoms. The first-order chi connectivity index (χ1) is 13.2. The number of aryl methyl sites for hydroxylation is 1. The van der Waals surface area contributed by atoms with Crippen LogP contribution in [0.2, 0.25) is 0 Å². The molecule has 152 valence electrons. The number of ether oxygens (including phenoxy) is 1. The highest BCUT2D eigenvalue weighted by Crippen LogP contribution is 2.21. The van der Waals surface area contributed by atoms with Gasteiger partial charge in [-0.25, -0.2) is 4.79 Å². The molecule has 1 aromatic carbocycles. The topological polar surface area (TPSA) is 106 Å². The Kier molecular flexibility index (Phi) is 7.45. The van der Waals surface area contributed by atoms with E-state index in [-0.39, 0.29) is 22.8 Å². The maximum Gasteiger partial charge on any atom is 0.408 e. The van der Waals surface area contributed by atoms with E-state index in [1.165, 1.54) is 0 Å². The fraction of sp³-hybridized carbons (Fsp3) is 0.474. The fourth-order valence-electron chi connectivity index (χ4n) is 2.26. The number of hydrogen-bond acceptors (Lipinski definition) is 7. The number of carbonyl (C=O) groups excluding carboxylic acids is 2. The van der Waals surface area contributed by atoms with Crippen LogP contribution in [0.5, 0.6) is 0 Å². The molecule has 0 radical (unpaired) electrons. The number of hydrogen-bond donors (Lipinski definition) is 2. The number of carbonyl (C=O) groups is 2. The standard InChI is InChI=1S/C19H26N4O4S/c1-6-13-9-7-8-10-14(13)21-15(24)11-28-18-23-22-16(26-18)12(2)20-17(25)27-19(3,4)5/h7-10,12H,6,11H2,1-5H3,(H,20,25)(H,21,24)/t12-/m0/s1. The number of alkyl carbamates (subject to hydrolysis) is 1. The second-order valence-electron chi connectivity index (χ2n) is 7.12. The molecule has 0 aliphatic rings. The lowest BCUT2D eigenvalue weighted by Crippen LogP contribution is -2.34. The molecule has 2 N–H and O–H groups in total. The number of para-hydroxylation sites is 1. The minimum Gasteiger partial charge on any atom is -0.444 e. The maximum atomic E-state index is 12.2. The summed E-state index contributed by atoms with van der Waals surface area (Å²) < 4.78 is 10.7. The van der Waals surface area contributed by atoms with Crippen molar-refractivity contribution in [3.05, 3.63) is 35.7 Å². The lowest BCUT2D eigenvalue weighted by atomic mass is 10.1. The summed E-state index contributed by atoms with van der Waals surface area (Å²) in [7, 11) is 0. The molecule has 0 aliphatic carbocycles. The molecule has 0 bridgehead atoms. The molecule has 1 atom stereocenters. The minimum atomic E-state index is -0.594. The highest BCUT2D eigenvalue weighted by molar-refractivity contribution is 7.99. The summed E-state index contributed by atoms with van der Waals surface area (Å²) in [4.78, 5) is 24.0. The Hall–Kier alpha value is -2.55. The van der Waals surface area contributed by atoms with Crippen molar-refractivity contribution >= 4 is 29.4 Å². The molecule has 2 rings (SSSR count). The Morgan fingerprint density at radius 1 is 1.25 bits per heavy atom. The molecular weight excluding hydrogens is 380 g/mol. The van der Waals surface area contributed by atoms with Gasteiger partial charge in [0, 0.05) is 5.69 Å². The van der Waals surface area contributed by atoms with Gasteiger partial charge in [0.1, 0.15) is 11.6 Å². The van der Waals surface area contributed by atoms with Gasteiger partial charge in [-0.1, -0.05) is 36.9 Å². The Labute approximate surface area is 168 Å². The van der Waals surface area contributed by atoms with E-state index in [1.54, 1.807) is 27.7 Å². The van der Waals surface area contributed by atoms with Gasteiger partial charge in [0.15, 0.2) is 0 Å². The summed E-state index contributed by atoms with van der Waals surface area (Å²) in [6.45, 7) is 9.08. The van der Waals surface area contributed by atoms with Crippen molar-refractivity contribution in [2.45, 2.75) is 57.9 Å². The summed E-state index contributed by atoms with van der Waals surface area (Å²) in [6, 6.07) is 7.16. The van der Waals surface area contributed by atoms with Crippen molar-refractivity contribution < 1.29 is 18.7 Å². The van der Waals surface area contributed by atoms with E-state index in [9.17, 15) is 9.59 Å². The highest BCUT2D eigenvalue weighted by atomic mass is 32.2. The summed E-state index contributed by atoms with van der Waals surface area (Å²) in [5.41, 5.74) is 1.28. The van der Waals surface area contributed by atoms with E-state index >= 15 is 0 Å². The molecule has 0 saturated heterocycles. The van der Waals surface area contributed by atoms with Crippen molar-refractivity contribution in [1.82, 2.24) is 15.5 Å². The summed E-state index contributed by atoms with van der Waals surface area (Å²) in [6.07, 6.45) is 0.264. The number of amides is 2. The van der Waals surface area contributed by atoms with E-state index in [0.29, 0.717) is 0 Å². The van der Waals surface area contributed by atoms with Crippen LogP contribution in [-0.4, -0.2) is 33.6 Å². The zero-order chi connectivity index (χ0) is 20.7. The lowest BCUT2D eigenvalue weighted by Gasteiger charge is -2.20. The van der Waals surface area contributed by atoms with Gasteiger partial charge in [-0.05, 0) is 45.7 Å². The maximum absolute atomic E-state index is 12.2. The molecule has 0 unspecified atom stereocenters. The fourth-order valence-corrected chi connectivity index (χ4v) is 2.83. The molecule has 0 aliphatic heterocycles. The van der Waals surface area contributed by atoms with Crippen LogP contribution in [0.15, 0.2) is 33.9 Å². The highest BCUT2D eigenvalue weighted by Gasteiger charge is 2.21. The van der Waals surface area contributed by atoms with Crippen molar-refractivity contribution in [2.75, 3.05) is 11.1 Å². The van der Waals surface area contributed by atoms with Crippen LogP contribution in [0.1, 0.15) is 52.1 Å². The lowest BCUT2D eigenvalue weighted by molar-refractivity contribution is -0.113. The summed E-state index contributed by atoms with van der Waals surface area (Å²) in [5.74, 6) is 0.212. The van der Waals surface area contributed by atoms with Crippen LogP contribution in [0.25, 0.3) is 0 Å². The van der Waals surface area contributed by atoms with Gasteiger partial charge in [-0.15, -0.1) is 10.2 Å². The van der Waals surface area contributed by atoms with Crippen LogP contribution in [-0.2, 0) is 16.0 Å². The van der Waals surface area contributed by atoms with Crippen molar-refractivity contribution in [2.24, 2.45) is 0 Å². The zero-order valence-electron chi connectivity index (χ0n) is 16.7. The summed E-state index contributed by atoms with van der Waals surface area (Å²) in [5, 5.41) is 13.6. The summed E-state index contributed by atoms with van der Waals surface area (Å²) >= 11 is 1.13. The number of benzene rings is 1. The molecule has 0 spiro atoms. The third-order valence-electron chi connectivity index (χ3n) is 3.52. The Balaban J connectivity index is 1.85. The van der Waals surface area contributed by atoms with E-state index in [1.807, 2.05) is 31.2 Å². The molecule has 8 nitrogen and oxygen atoms in total. The van der Waals surface area contributed by atoms with Gasteiger partial charge in [0.2, 0.25) is 11.8 Å². The van der Waals surface area contributed by atoms with Crippen molar-refractivity contribution in [3.8, 4) is 0 Å². The molecule has 9 heteroatoms. The quantitative estimate of drug-likeness (QED) is 0.671. The molecule has 0 fully saturated rings. The van der Waals surface area contributed by atoms with Gasteiger partial charge < -0.3 is 19.8 Å². The number of nitrogens with one attached hydrogen (secondary N) is 2. The monoisotopic (exact) mass is 406 g/mol. The average molecular weight is 407 g/mol. The van der Waals surface area contributed by atoms with Gasteiger partial charge >= 0.3 is 6.09 Å². The van der Waals surface area contributed by atoms with Crippen molar-refractivity contribution in [1.29, 1.82) is 0 Å². The SMILES string of the molecule is CCc1ccccc1NC(=O)CSc1nnc([C@H](C)NC(=O)OC(C)(C)C)o1. The Bertz CT molecular complexity index is 816. The van der Waals surface area contributed by atoms with Crippen LogP contribution < -0.4 is 10.6 Å². The third kappa shape index (κ3) is 6.88. The van der Waals surface area contributed by atoms with E-state index in [4.69, 9.17) is 9.15 Å². The second-order valence-corrected chi connectivity index (χ2v) is 8.05. The van der Waals surface area contributed by atoms with Gasteiger partial charge in [-0.2, -0.15) is 0 Å². The first-order valence-electron chi connectivity index (χ1n) is 9.01. The predicted octanol–water partition coefficient (Wildman–Crippen LogP) is 3.95. The molecule has 2 amide bonds. The normalized spacial score (nSPS) is 12.3. The van der Waals surface area contributed by atoms with E-state index < -0.39 is 17.7 Å². The molecule has 0 saturated carbocycles. The predicted molar refractivity (Wildman–Crippen MR) is 107 cm³/mol. The Morgan fingerprint density at radius 2 is 1.96 bits per heavy atom. The smallest absolute Gasteiger partial charge is 0.408 e. The van der Waals surface area contributed by atoms with Crippen molar-refractivity contribution in [3.63, 3.8) is 0 Å². The minimum absolute atomic E-state index is 0.132. The number of nitrogens with zero attached hydrogens (tertiary/aromatic N) is 2. The molecular formula is C19H26N4O4S. The first kappa shape index (κ1) is 21.7. The van der Waals surface area contributed by atoms with E-state index in [2.05, 4.69) is 20.8 Å². The number of anilines is 1. The van der Waals surface area contributed by atoms with Crippen LogP contribution in [0.3, 0.4) is 0 Å². The van der Waals surface area contributed by atoms with Crippen LogP contribution in [0.4, 0.5) is 10.5 Å². The zero-order valence-corrected chi connectivity index (χ0v) is 17.6. The number of rotatable bonds is 7. The van der Waals surface area contributed by atoms with Gasteiger partial charge in [-0.3, -0.25) is 4.79 Å². The van der Waals surface area contributed by atoms with Crippen LogP contribution >= 0.6 is 11.8 Å². The van der Waals surface area contributed by atoms with Gasteiger partial charge in [0.05, 0.1) is 5.75 Å². The largest absolute Gasteiger partial charge is 0.444 e. The third-order valence-corrected chi connectivity index (χ3v) is 4.34. The molecule has 2 aromatic rings. The second kappa shape index (κ2) is 9.59. The van der Waals surface area contributed by atoms with Gasteiger partial charge in [0.25, 0.3) is 5.22 Å². The van der Waals surface area contributed by atoms with Crippen LogP contribution in [0, 0.1) is 0 Å². The molecule has 1 aromatic heterocycles. The molecule has 1 heterocycles. The Morgan fingerprint density at radius 3 is 2.64 bits per heavy atom. The number of aromatic nitrogens is 2. The average Bonchev–Trinajstić information content (AvgIpc) is 3.08.